The maximum Gasteiger partial charge on any atom is 0.274 e. The van der Waals surface area contributed by atoms with Crippen LogP contribution in [0.5, 0.6) is 0 Å². The fourth-order valence-corrected chi connectivity index (χ4v) is 4.31. The van der Waals surface area contributed by atoms with Crippen molar-refractivity contribution in [3.8, 4) is 22.8 Å². The number of carbonyl (C=O) groups excluding carboxylic acids is 1. The second-order valence-corrected chi connectivity index (χ2v) is 8.02. The van der Waals surface area contributed by atoms with Crippen LogP contribution < -0.4 is 11.1 Å². The van der Waals surface area contributed by atoms with E-state index in [0.717, 1.165) is 40.6 Å². The van der Waals surface area contributed by atoms with Crippen LogP contribution in [0.2, 0.25) is 0 Å². The Kier molecular flexibility index (Phi) is 4.72. The predicted octanol–water partition coefficient (Wildman–Crippen LogP) is 3.74. The number of nitrogens with one attached hydrogen (secondary N) is 1. The SMILES string of the molecule is Nc1nc(-c2ncco2)c(-c2ccc3ncccc3c2)nc1C(=O)NC1CCc2cccnc21. The average molecular weight is 449 g/mol. The number of nitrogens with two attached hydrogens (primary N) is 1. The molecule has 0 bridgehead atoms. The largest absolute Gasteiger partial charge is 0.443 e. The van der Waals surface area contributed by atoms with Gasteiger partial charge in [0.1, 0.15) is 12.0 Å². The van der Waals surface area contributed by atoms with Gasteiger partial charge < -0.3 is 15.5 Å². The minimum Gasteiger partial charge on any atom is -0.443 e. The molecule has 0 spiro atoms. The molecule has 1 aliphatic carbocycles. The standard InChI is InChI=1S/C25H19N7O2/c26-23-22(24(33)30-18-8-5-14-3-1-10-28-19(14)18)31-20(21(32-23)25-29-11-12-34-25)16-6-7-17-15(13-16)4-2-9-27-17/h1-4,6-7,9-13,18H,5,8H2,(H2,26,32)(H,30,33). The van der Waals surface area contributed by atoms with Gasteiger partial charge in [-0.3, -0.25) is 14.8 Å². The summed E-state index contributed by atoms with van der Waals surface area (Å²) in [7, 11) is 0. The Morgan fingerprint density at radius 1 is 1.00 bits per heavy atom. The molecule has 9 nitrogen and oxygen atoms in total. The van der Waals surface area contributed by atoms with Gasteiger partial charge in [0.05, 0.1) is 23.4 Å². The Morgan fingerprint density at radius 2 is 1.88 bits per heavy atom. The van der Waals surface area contributed by atoms with Crippen LogP contribution in [-0.2, 0) is 6.42 Å². The highest BCUT2D eigenvalue weighted by atomic mass is 16.3. The number of aromatic nitrogens is 5. The molecule has 0 saturated heterocycles. The quantitative estimate of drug-likeness (QED) is 0.424. The Morgan fingerprint density at radius 3 is 2.76 bits per heavy atom. The zero-order valence-electron chi connectivity index (χ0n) is 18.0. The lowest BCUT2D eigenvalue weighted by Crippen LogP contribution is -2.29. The first kappa shape index (κ1) is 20.0. The van der Waals surface area contributed by atoms with E-state index in [1.54, 1.807) is 12.4 Å². The molecule has 0 fully saturated rings. The molecule has 166 valence electrons. The summed E-state index contributed by atoms with van der Waals surface area (Å²) in [4.78, 5) is 35.4. The molecule has 1 aliphatic rings. The summed E-state index contributed by atoms with van der Waals surface area (Å²) in [5.74, 6) is -0.145. The van der Waals surface area contributed by atoms with Crippen molar-refractivity contribution in [2.75, 3.05) is 5.73 Å². The lowest BCUT2D eigenvalue weighted by atomic mass is 10.1. The first-order valence-corrected chi connectivity index (χ1v) is 10.8. The number of nitrogen functional groups attached to an aromatic ring is 1. The monoisotopic (exact) mass is 449 g/mol. The van der Waals surface area contributed by atoms with Crippen molar-refractivity contribution in [1.29, 1.82) is 0 Å². The maximum atomic E-state index is 13.3. The van der Waals surface area contributed by atoms with Gasteiger partial charge in [0.25, 0.3) is 5.91 Å². The molecule has 4 aromatic heterocycles. The highest BCUT2D eigenvalue weighted by molar-refractivity contribution is 5.98. The number of aryl methyl sites for hydroxylation is 1. The second kappa shape index (κ2) is 8.04. The topological polar surface area (TPSA) is 133 Å². The van der Waals surface area contributed by atoms with Crippen molar-refractivity contribution in [2.24, 2.45) is 0 Å². The van der Waals surface area contributed by atoms with E-state index < -0.39 is 5.91 Å². The first-order chi connectivity index (χ1) is 16.7. The van der Waals surface area contributed by atoms with Gasteiger partial charge in [-0.25, -0.2) is 15.0 Å². The molecular formula is C25H19N7O2. The van der Waals surface area contributed by atoms with E-state index in [9.17, 15) is 4.79 Å². The van der Waals surface area contributed by atoms with Gasteiger partial charge in [0.2, 0.25) is 5.89 Å². The van der Waals surface area contributed by atoms with Crippen LogP contribution in [-0.4, -0.2) is 30.8 Å². The fourth-order valence-electron chi connectivity index (χ4n) is 4.31. The fraction of sp³-hybridized carbons (Fsp3) is 0.120. The molecular weight excluding hydrogens is 430 g/mol. The van der Waals surface area contributed by atoms with E-state index in [4.69, 9.17) is 10.2 Å². The molecule has 1 unspecified atom stereocenters. The molecule has 34 heavy (non-hydrogen) atoms. The van der Waals surface area contributed by atoms with Gasteiger partial charge in [0, 0.05) is 23.3 Å². The van der Waals surface area contributed by atoms with Gasteiger partial charge in [-0.15, -0.1) is 0 Å². The van der Waals surface area contributed by atoms with E-state index in [0.29, 0.717) is 11.4 Å². The van der Waals surface area contributed by atoms with Crippen molar-refractivity contribution in [3.05, 3.63) is 84.3 Å². The number of carbonyl (C=O) groups is 1. The van der Waals surface area contributed by atoms with Crippen LogP contribution in [0.15, 0.2) is 71.7 Å². The molecule has 0 saturated carbocycles. The summed E-state index contributed by atoms with van der Waals surface area (Å²) in [5.41, 5.74) is 10.6. The Labute approximate surface area is 194 Å². The third-order valence-corrected chi connectivity index (χ3v) is 5.91. The lowest BCUT2D eigenvalue weighted by molar-refractivity contribution is 0.0931. The molecule has 0 aliphatic heterocycles. The van der Waals surface area contributed by atoms with Gasteiger partial charge in [-0.1, -0.05) is 18.2 Å². The van der Waals surface area contributed by atoms with Crippen LogP contribution in [0.1, 0.15) is 34.2 Å². The predicted molar refractivity (Wildman–Crippen MR) is 125 cm³/mol. The number of rotatable bonds is 4. The van der Waals surface area contributed by atoms with Gasteiger partial charge in [0.15, 0.2) is 17.2 Å². The van der Waals surface area contributed by atoms with Gasteiger partial charge >= 0.3 is 0 Å². The molecule has 6 rings (SSSR count). The van der Waals surface area contributed by atoms with Crippen molar-refractivity contribution < 1.29 is 9.21 Å². The number of fused-ring (bicyclic) bond motifs is 2. The van der Waals surface area contributed by atoms with Crippen LogP contribution in [0.4, 0.5) is 5.82 Å². The van der Waals surface area contributed by atoms with Gasteiger partial charge in [-0.05, 0) is 42.7 Å². The summed E-state index contributed by atoms with van der Waals surface area (Å²) in [5, 5.41) is 3.95. The Hall–Kier alpha value is -4.66. The Bertz CT molecular complexity index is 1530. The van der Waals surface area contributed by atoms with Crippen molar-refractivity contribution in [2.45, 2.75) is 18.9 Å². The number of oxazole rings is 1. The van der Waals surface area contributed by atoms with E-state index in [1.165, 1.54) is 12.5 Å². The smallest absolute Gasteiger partial charge is 0.274 e. The average Bonchev–Trinajstić information content (AvgIpc) is 3.54. The molecule has 9 heteroatoms. The molecule has 1 amide bonds. The number of pyridine rings is 2. The first-order valence-electron chi connectivity index (χ1n) is 10.8. The van der Waals surface area contributed by atoms with Crippen molar-refractivity contribution in [3.63, 3.8) is 0 Å². The summed E-state index contributed by atoms with van der Waals surface area (Å²) < 4.78 is 5.48. The summed E-state index contributed by atoms with van der Waals surface area (Å²) in [6.45, 7) is 0. The molecule has 4 heterocycles. The zero-order chi connectivity index (χ0) is 23.1. The summed E-state index contributed by atoms with van der Waals surface area (Å²) in [6.07, 6.45) is 8.06. The minimum atomic E-state index is -0.406. The summed E-state index contributed by atoms with van der Waals surface area (Å²) in [6, 6.07) is 13.3. The molecule has 3 N–H and O–H groups in total. The van der Waals surface area contributed by atoms with E-state index in [1.807, 2.05) is 42.5 Å². The van der Waals surface area contributed by atoms with Crippen molar-refractivity contribution in [1.82, 2.24) is 30.2 Å². The third kappa shape index (κ3) is 3.43. The number of anilines is 1. The molecule has 5 aromatic rings. The van der Waals surface area contributed by atoms with Crippen LogP contribution in [0.25, 0.3) is 33.7 Å². The third-order valence-electron chi connectivity index (χ3n) is 5.91. The molecule has 1 aromatic carbocycles. The normalized spacial score (nSPS) is 14.8. The van der Waals surface area contributed by atoms with Gasteiger partial charge in [-0.2, -0.15) is 0 Å². The minimum absolute atomic E-state index is 0.00357. The van der Waals surface area contributed by atoms with E-state index in [2.05, 4.69) is 30.2 Å². The number of hydrogen-bond donors (Lipinski definition) is 2. The highest BCUT2D eigenvalue weighted by Gasteiger charge is 2.28. The Balaban J connectivity index is 1.43. The number of nitrogens with zero attached hydrogens (tertiary/aromatic N) is 5. The van der Waals surface area contributed by atoms with Crippen LogP contribution in [0, 0.1) is 0 Å². The number of amides is 1. The second-order valence-electron chi connectivity index (χ2n) is 8.02. The summed E-state index contributed by atoms with van der Waals surface area (Å²) >= 11 is 0. The highest BCUT2D eigenvalue weighted by Crippen LogP contribution is 2.33. The lowest BCUT2D eigenvalue weighted by Gasteiger charge is -2.15. The number of benzene rings is 1. The van der Waals surface area contributed by atoms with E-state index >= 15 is 0 Å². The maximum absolute atomic E-state index is 13.3. The van der Waals surface area contributed by atoms with Crippen LogP contribution in [0.3, 0.4) is 0 Å². The van der Waals surface area contributed by atoms with Crippen molar-refractivity contribution >= 4 is 22.6 Å². The molecule has 0 radical (unpaired) electrons. The van der Waals surface area contributed by atoms with E-state index in [-0.39, 0.29) is 23.4 Å². The number of hydrogen-bond acceptors (Lipinski definition) is 8. The van der Waals surface area contributed by atoms with Crippen LogP contribution >= 0.6 is 0 Å². The molecule has 1 atom stereocenters. The zero-order valence-corrected chi connectivity index (χ0v) is 18.0.